The Hall–Kier alpha value is -1.46. The lowest BCUT2D eigenvalue weighted by Crippen LogP contribution is -2.13. The van der Waals surface area contributed by atoms with Gasteiger partial charge in [-0.1, -0.05) is 15.9 Å². The van der Waals surface area contributed by atoms with Crippen molar-refractivity contribution in [2.75, 3.05) is 7.11 Å². The van der Waals surface area contributed by atoms with Crippen molar-refractivity contribution in [3.8, 4) is 5.75 Å². The highest BCUT2D eigenvalue weighted by atomic mass is 79.9. The molecule has 0 aliphatic heterocycles. The molecular weight excluding hydrogens is 282 g/mol. The molecule has 0 radical (unpaired) electrons. The van der Waals surface area contributed by atoms with E-state index in [-0.39, 0.29) is 6.04 Å². The van der Waals surface area contributed by atoms with E-state index in [2.05, 4.69) is 25.9 Å². The van der Waals surface area contributed by atoms with Crippen molar-refractivity contribution < 1.29 is 4.74 Å². The van der Waals surface area contributed by atoms with Gasteiger partial charge in [-0.05, 0) is 18.2 Å². The van der Waals surface area contributed by atoms with Crippen molar-refractivity contribution in [3.05, 3.63) is 52.5 Å². The molecule has 1 heterocycles. The molecule has 17 heavy (non-hydrogen) atoms. The number of nitrogens with two attached hydrogens (primary N) is 1. The van der Waals surface area contributed by atoms with Crippen LogP contribution in [0.3, 0.4) is 0 Å². The van der Waals surface area contributed by atoms with Crippen LogP contribution in [0.5, 0.6) is 5.75 Å². The summed E-state index contributed by atoms with van der Waals surface area (Å²) in [6, 6.07) is 5.43. The van der Waals surface area contributed by atoms with Crippen LogP contribution < -0.4 is 10.5 Å². The molecule has 1 aromatic carbocycles. The van der Waals surface area contributed by atoms with Gasteiger partial charge in [0.1, 0.15) is 12.1 Å². The number of halogens is 1. The number of rotatable bonds is 3. The van der Waals surface area contributed by atoms with E-state index in [0.29, 0.717) is 0 Å². The van der Waals surface area contributed by atoms with Crippen LogP contribution in [0.2, 0.25) is 0 Å². The van der Waals surface area contributed by atoms with Crippen molar-refractivity contribution >= 4 is 15.9 Å². The van der Waals surface area contributed by atoms with Gasteiger partial charge in [-0.25, -0.2) is 9.97 Å². The normalized spacial score (nSPS) is 12.2. The number of methoxy groups -OCH3 is 1. The average Bonchev–Trinajstić information content (AvgIpc) is 2.39. The first-order valence-corrected chi connectivity index (χ1v) is 5.85. The third kappa shape index (κ3) is 2.62. The quantitative estimate of drug-likeness (QED) is 0.943. The second-order valence-corrected chi connectivity index (χ2v) is 4.45. The van der Waals surface area contributed by atoms with E-state index in [1.54, 1.807) is 19.5 Å². The Morgan fingerprint density at radius 1 is 1.29 bits per heavy atom. The maximum absolute atomic E-state index is 6.18. The molecule has 0 saturated heterocycles. The third-order valence-corrected chi connectivity index (χ3v) is 2.96. The van der Waals surface area contributed by atoms with Gasteiger partial charge in [0.2, 0.25) is 0 Å². The van der Waals surface area contributed by atoms with Crippen LogP contribution in [0.15, 0.2) is 41.4 Å². The van der Waals surface area contributed by atoms with Gasteiger partial charge in [0.05, 0.1) is 13.2 Å². The highest BCUT2D eigenvalue weighted by Crippen LogP contribution is 2.30. The molecular formula is C12H12BrN3O. The fourth-order valence-electron chi connectivity index (χ4n) is 1.60. The van der Waals surface area contributed by atoms with E-state index < -0.39 is 0 Å². The average molecular weight is 294 g/mol. The summed E-state index contributed by atoms with van der Waals surface area (Å²) >= 11 is 3.42. The van der Waals surface area contributed by atoms with Gasteiger partial charge in [-0.15, -0.1) is 0 Å². The molecule has 1 unspecified atom stereocenters. The maximum Gasteiger partial charge on any atom is 0.124 e. The first-order valence-electron chi connectivity index (χ1n) is 5.06. The molecule has 0 aliphatic rings. The van der Waals surface area contributed by atoms with Gasteiger partial charge >= 0.3 is 0 Å². The summed E-state index contributed by atoms with van der Waals surface area (Å²) in [6.07, 6.45) is 4.89. The topological polar surface area (TPSA) is 61.0 Å². The van der Waals surface area contributed by atoms with Gasteiger partial charge in [0.15, 0.2) is 0 Å². The number of aromatic nitrogens is 2. The standard InChI is InChI=1S/C12H12BrN3O/c1-17-11-3-2-9(13)4-10(11)12(14)8-5-15-7-16-6-8/h2-7,12H,14H2,1H3. The zero-order valence-electron chi connectivity index (χ0n) is 9.30. The summed E-state index contributed by atoms with van der Waals surface area (Å²) in [6.45, 7) is 0. The van der Waals surface area contributed by atoms with Gasteiger partial charge in [0.25, 0.3) is 0 Å². The second kappa shape index (κ2) is 5.25. The zero-order valence-corrected chi connectivity index (χ0v) is 10.9. The number of hydrogen-bond acceptors (Lipinski definition) is 4. The molecule has 1 atom stereocenters. The molecule has 5 heteroatoms. The number of ether oxygens (including phenoxy) is 1. The predicted octanol–water partition coefficient (Wildman–Crippen LogP) is 2.30. The van der Waals surface area contributed by atoms with Crippen LogP contribution >= 0.6 is 15.9 Å². The summed E-state index contributed by atoms with van der Waals surface area (Å²) in [7, 11) is 1.63. The monoisotopic (exact) mass is 293 g/mol. The first-order chi connectivity index (χ1) is 8.22. The van der Waals surface area contributed by atoms with Crippen LogP contribution in [0, 0.1) is 0 Å². The van der Waals surface area contributed by atoms with Crippen molar-refractivity contribution in [1.29, 1.82) is 0 Å². The molecule has 88 valence electrons. The van der Waals surface area contributed by atoms with Crippen molar-refractivity contribution in [2.24, 2.45) is 5.73 Å². The third-order valence-electron chi connectivity index (χ3n) is 2.47. The molecule has 0 spiro atoms. The summed E-state index contributed by atoms with van der Waals surface area (Å²) < 4.78 is 6.26. The molecule has 4 nitrogen and oxygen atoms in total. The van der Waals surface area contributed by atoms with Crippen LogP contribution in [-0.2, 0) is 0 Å². The first kappa shape index (κ1) is 12.0. The van der Waals surface area contributed by atoms with Crippen LogP contribution in [0.1, 0.15) is 17.2 Å². The lowest BCUT2D eigenvalue weighted by atomic mass is 10.0. The molecule has 1 aromatic heterocycles. The highest BCUT2D eigenvalue weighted by molar-refractivity contribution is 9.10. The van der Waals surface area contributed by atoms with Crippen molar-refractivity contribution in [2.45, 2.75) is 6.04 Å². The highest BCUT2D eigenvalue weighted by Gasteiger charge is 2.14. The molecule has 0 aliphatic carbocycles. The molecule has 2 aromatic rings. The molecule has 0 fully saturated rings. The molecule has 2 N–H and O–H groups in total. The van der Waals surface area contributed by atoms with Gasteiger partial charge in [-0.3, -0.25) is 0 Å². The Morgan fingerprint density at radius 3 is 2.65 bits per heavy atom. The van der Waals surface area contributed by atoms with Crippen molar-refractivity contribution in [1.82, 2.24) is 9.97 Å². The lowest BCUT2D eigenvalue weighted by Gasteiger charge is -2.15. The Kier molecular flexibility index (Phi) is 3.71. The van der Waals surface area contributed by atoms with E-state index in [0.717, 1.165) is 21.3 Å². The Labute approximate surface area is 108 Å². The molecule has 0 saturated carbocycles. The van der Waals surface area contributed by atoms with Crippen molar-refractivity contribution in [3.63, 3.8) is 0 Å². The van der Waals surface area contributed by atoms with E-state index in [1.165, 1.54) is 6.33 Å². The van der Waals surface area contributed by atoms with Gasteiger partial charge in [0, 0.05) is 28.0 Å². The van der Waals surface area contributed by atoms with Crippen LogP contribution in [0.4, 0.5) is 0 Å². The zero-order chi connectivity index (χ0) is 12.3. The molecule has 0 bridgehead atoms. The number of benzene rings is 1. The van der Waals surface area contributed by atoms with Crippen LogP contribution in [0.25, 0.3) is 0 Å². The fourth-order valence-corrected chi connectivity index (χ4v) is 1.98. The Balaban J connectivity index is 2.43. The molecule has 2 rings (SSSR count). The van der Waals surface area contributed by atoms with E-state index in [4.69, 9.17) is 10.5 Å². The lowest BCUT2D eigenvalue weighted by molar-refractivity contribution is 0.407. The number of nitrogens with zero attached hydrogens (tertiary/aromatic N) is 2. The predicted molar refractivity (Wildman–Crippen MR) is 68.8 cm³/mol. The smallest absolute Gasteiger partial charge is 0.124 e. The maximum atomic E-state index is 6.18. The summed E-state index contributed by atoms with van der Waals surface area (Å²) in [5.41, 5.74) is 7.93. The van der Waals surface area contributed by atoms with E-state index in [1.807, 2.05) is 18.2 Å². The largest absolute Gasteiger partial charge is 0.496 e. The minimum Gasteiger partial charge on any atom is -0.496 e. The fraction of sp³-hybridized carbons (Fsp3) is 0.167. The summed E-state index contributed by atoms with van der Waals surface area (Å²) in [5.74, 6) is 0.754. The Morgan fingerprint density at radius 2 is 2.00 bits per heavy atom. The van der Waals surface area contributed by atoms with Gasteiger partial charge < -0.3 is 10.5 Å². The molecule has 0 amide bonds. The minimum atomic E-state index is -0.302. The van der Waals surface area contributed by atoms with Crippen LogP contribution in [-0.4, -0.2) is 17.1 Å². The van der Waals surface area contributed by atoms with E-state index in [9.17, 15) is 0 Å². The number of hydrogen-bond donors (Lipinski definition) is 1. The SMILES string of the molecule is COc1ccc(Br)cc1C(N)c1cncnc1. The van der Waals surface area contributed by atoms with Gasteiger partial charge in [-0.2, -0.15) is 0 Å². The van der Waals surface area contributed by atoms with E-state index >= 15 is 0 Å². The summed E-state index contributed by atoms with van der Waals surface area (Å²) in [5, 5.41) is 0. The second-order valence-electron chi connectivity index (χ2n) is 3.54. The Bertz CT molecular complexity index is 504. The minimum absolute atomic E-state index is 0.302. The summed E-state index contributed by atoms with van der Waals surface area (Å²) in [4.78, 5) is 7.93.